The van der Waals surface area contributed by atoms with Crippen molar-refractivity contribution in [1.29, 1.82) is 0 Å². The van der Waals surface area contributed by atoms with Crippen molar-refractivity contribution in [3.8, 4) is 0 Å². The molecule has 0 N–H and O–H groups in total. The summed E-state index contributed by atoms with van der Waals surface area (Å²) in [5.74, 6) is 1.76. The van der Waals surface area contributed by atoms with E-state index in [1.165, 1.54) is 32.3 Å². The van der Waals surface area contributed by atoms with Gasteiger partial charge in [0.1, 0.15) is 11.6 Å². The van der Waals surface area contributed by atoms with Gasteiger partial charge in [0.15, 0.2) is 0 Å². The van der Waals surface area contributed by atoms with Gasteiger partial charge in [-0.3, -0.25) is 9.80 Å². The number of hydrogen-bond donors (Lipinski definition) is 0. The van der Waals surface area contributed by atoms with Crippen molar-refractivity contribution in [3.63, 3.8) is 0 Å². The van der Waals surface area contributed by atoms with Crippen molar-refractivity contribution in [2.45, 2.75) is 0 Å². The lowest BCUT2D eigenvalue weighted by Gasteiger charge is -2.28. The summed E-state index contributed by atoms with van der Waals surface area (Å²) < 4.78 is 0. The summed E-state index contributed by atoms with van der Waals surface area (Å²) in [5.41, 5.74) is 4.29. The third kappa shape index (κ3) is 4.54. The molecule has 2 aromatic heterocycles. The first kappa shape index (κ1) is 28.3. The summed E-state index contributed by atoms with van der Waals surface area (Å²) in [5, 5.41) is 11.8. The molecule has 0 spiro atoms. The fraction of sp³-hybridized carbons (Fsp3) is 0. The molecule has 2 heterocycles. The van der Waals surface area contributed by atoms with E-state index in [0.29, 0.717) is 0 Å². The Labute approximate surface area is 289 Å². The number of rotatable bonds is 6. The molecule has 4 heteroatoms. The predicted octanol–water partition coefficient (Wildman–Crippen LogP) is 12.6. The van der Waals surface area contributed by atoms with Gasteiger partial charge in [0.25, 0.3) is 0 Å². The summed E-state index contributed by atoms with van der Waals surface area (Å²) in [7, 11) is 0. The molecule has 0 radical (unpaired) electrons. The average Bonchev–Trinajstić information content (AvgIpc) is 3.19. The fourth-order valence-corrected chi connectivity index (χ4v) is 7.49. The van der Waals surface area contributed by atoms with Gasteiger partial charge < -0.3 is 0 Å². The molecule has 0 bridgehead atoms. The van der Waals surface area contributed by atoms with E-state index in [9.17, 15) is 0 Å². The molecule has 0 unspecified atom stereocenters. The Morgan fingerprint density at radius 2 is 0.700 bits per heavy atom. The van der Waals surface area contributed by atoms with Gasteiger partial charge in [-0.25, -0.2) is 9.97 Å². The Bertz CT molecular complexity index is 2630. The second-order valence-corrected chi connectivity index (χ2v) is 12.7. The summed E-state index contributed by atoms with van der Waals surface area (Å²) in [6.45, 7) is 0. The van der Waals surface area contributed by atoms with Gasteiger partial charge >= 0.3 is 0 Å². The summed E-state index contributed by atoms with van der Waals surface area (Å²) in [4.78, 5) is 14.6. The fourth-order valence-electron chi connectivity index (χ4n) is 7.49. The van der Waals surface area contributed by atoms with Crippen LogP contribution in [0.1, 0.15) is 0 Å². The first-order valence-electron chi connectivity index (χ1n) is 16.9. The van der Waals surface area contributed by atoms with Gasteiger partial charge in [0.05, 0.1) is 11.4 Å². The van der Waals surface area contributed by atoms with Gasteiger partial charge in [-0.05, 0) is 80.8 Å². The van der Waals surface area contributed by atoms with Crippen LogP contribution < -0.4 is 9.80 Å². The molecule has 0 atom stereocenters. The van der Waals surface area contributed by atoms with Gasteiger partial charge in [0, 0.05) is 45.3 Å². The molecular formula is C46H30N4. The third-order valence-corrected chi connectivity index (χ3v) is 9.82. The summed E-state index contributed by atoms with van der Waals surface area (Å²) >= 11 is 0. The molecule has 0 aliphatic rings. The van der Waals surface area contributed by atoms with Crippen LogP contribution in [-0.4, -0.2) is 9.97 Å². The first-order chi connectivity index (χ1) is 24.8. The van der Waals surface area contributed by atoms with Gasteiger partial charge in [-0.2, -0.15) is 0 Å². The van der Waals surface area contributed by atoms with Crippen LogP contribution >= 0.6 is 0 Å². The topological polar surface area (TPSA) is 32.3 Å². The summed E-state index contributed by atoms with van der Waals surface area (Å²) in [6.07, 6.45) is 3.95. The Morgan fingerprint density at radius 1 is 0.320 bits per heavy atom. The van der Waals surface area contributed by atoms with E-state index in [0.717, 1.165) is 55.9 Å². The number of aromatic nitrogens is 2. The normalized spacial score (nSPS) is 11.6. The van der Waals surface area contributed by atoms with E-state index in [1.807, 2.05) is 12.4 Å². The van der Waals surface area contributed by atoms with E-state index in [-0.39, 0.29) is 0 Å². The first-order valence-corrected chi connectivity index (χ1v) is 16.9. The zero-order valence-corrected chi connectivity index (χ0v) is 27.1. The van der Waals surface area contributed by atoms with E-state index >= 15 is 0 Å². The van der Waals surface area contributed by atoms with E-state index in [1.54, 1.807) is 0 Å². The lowest BCUT2D eigenvalue weighted by Crippen LogP contribution is -2.13. The zero-order chi connectivity index (χ0) is 33.0. The van der Waals surface area contributed by atoms with Crippen LogP contribution in [0.15, 0.2) is 182 Å². The largest absolute Gasteiger partial charge is 0.294 e. The third-order valence-electron chi connectivity index (χ3n) is 9.82. The van der Waals surface area contributed by atoms with Crippen LogP contribution in [0.25, 0.3) is 53.9 Å². The molecule has 0 fully saturated rings. The van der Waals surface area contributed by atoms with Crippen LogP contribution in [0, 0.1) is 0 Å². The number of fused-ring (bicyclic) bond motifs is 2. The van der Waals surface area contributed by atoms with Crippen molar-refractivity contribution in [2.24, 2.45) is 0 Å². The number of para-hydroxylation sites is 2. The van der Waals surface area contributed by atoms with E-state index in [4.69, 9.17) is 9.97 Å². The number of anilines is 6. The maximum absolute atomic E-state index is 5.01. The lowest BCUT2D eigenvalue weighted by atomic mass is 9.92. The standard InChI is InChI=1S/C46H30N4/c1-3-15-37(16-4-1)49(43-27-33-11-7-9-13-35(33)29-47-43)41-25-21-31-20-24-40-42(26-22-32-19-23-39(41)45(31)46(32)40)50(38-17-5-2-6-18-38)44-28-34-12-8-10-14-36(34)30-48-44/h1-30H. The highest BCUT2D eigenvalue weighted by Crippen LogP contribution is 2.47. The molecule has 234 valence electrons. The van der Waals surface area contributed by atoms with Crippen LogP contribution in [0.3, 0.4) is 0 Å². The van der Waals surface area contributed by atoms with Crippen LogP contribution in [0.2, 0.25) is 0 Å². The van der Waals surface area contributed by atoms with Crippen LogP contribution in [0.5, 0.6) is 0 Å². The Balaban J connectivity index is 1.23. The van der Waals surface area contributed by atoms with Crippen molar-refractivity contribution >= 4 is 88.2 Å². The second kappa shape index (κ2) is 11.4. The molecule has 0 aliphatic heterocycles. The number of hydrogen-bond acceptors (Lipinski definition) is 4. The van der Waals surface area contributed by atoms with Gasteiger partial charge in [-0.1, -0.05) is 121 Å². The van der Waals surface area contributed by atoms with Crippen LogP contribution in [-0.2, 0) is 0 Å². The van der Waals surface area contributed by atoms with Crippen molar-refractivity contribution in [2.75, 3.05) is 9.80 Å². The van der Waals surface area contributed by atoms with Crippen molar-refractivity contribution in [1.82, 2.24) is 9.97 Å². The Morgan fingerprint density at radius 3 is 1.14 bits per heavy atom. The van der Waals surface area contributed by atoms with E-state index < -0.39 is 0 Å². The molecule has 0 aliphatic carbocycles. The Kier molecular flexibility index (Phi) is 6.46. The van der Waals surface area contributed by atoms with Crippen LogP contribution in [0.4, 0.5) is 34.4 Å². The summed E-state index contributed by atoms with van der Waals surface area (Å²) in [6, 6.07) is 60.3. The molecule has 50 heavy (non-hydrogen) atoms. The van der Waals surface area contributed by atoms with E-state index in [2.05, 4.69) is 180 Å². The molecule has 8 aromatic carbocycles. The Hall–Kier alpha value is -6.78. The van der Waals surface area contributed by atoms with Crippen molar-refractivity contribution < 1.29 is 0 Å². The smallest absolute Gasteiger partial charge is 0.138 e. The minimum absolute atomic E-state index is 0.878. The highest BCUT2D eigenvalue weighted by molar-refractivity contribution is 6.28. The maximum Gasteiger partial charge on any atom is 0.138 e. The minimum Gasteiger partial charge on any atom is -0.294 e. The molecule has 0 amide bonds. The molecule has 4 nitrogen and oxygen atoms in total. The minimum atomic E-state index is 0.878. The van der Waals surface area contributed by atoms with Gasteiger partial charge in [0.2, 0.25) is 0 Å². The molecule has 0 saturated heterocycles. The maximum atomic E-state index is 5.01. The molecule has 10 aromatic rings. The molecule has 10 rings (SSSR count). The lowest BCUT2D eigenvalue weighted by molar-refractivity contribution is 1.20. The monoisotopic (exact) mass is 638 g/mol. The predicted molar refractivity (Wildman–Crippen MR) is 210 cm³/mol. The molecular weight excluding hydrogens is 609 g/mol. The number of pyridine rings is 2. The highest BCUT2D eigenvalue weighted by atomic mass is 15.2. The second-order valence-electron chi connectivity index (χ2n) is 12.7. The van der Waals surface area contributed by atoms with Crippen molar-refractivity contribution in [3.05, 3.63) is 182 Å². The quantitative estimate of drug-likeness (QED) is 0.170. The highest BCUT2D eigenvalue weighted by Gasteiger charge is 2.22. The molecule has 0 saturated carbocycles. The number of benzene rings is 8. The SMILES string of the molecule is c1ccc(N(c2cc3ccccc3cn2)c2ccc3ccc4c(N(c5ccccc5)c5cc6ccccc6cn5)ccc5ccc2c3c54)cc1. The number of nitrogens with zero attached hydrogens (tertiary/aromatic N) is 4. The van der Waals surface area contributed by atoms with Gasteiger partial charge in [-0.15, -0.1) is 0 Å². The average molecular weight is 639 g/mol. The zero-order valence-electron chi connectivity index (χ0n) is 27.1.